The third-order valence-corrected chi connectivity index (χ3v) is 7.65. The Morgan fingerprint density at radius 2 is 1.67 bits per heavy atom. The summed E-state index contributed by atoms with van der Waals surface area (Å²) in [5.41, 5.74) is 1.50. The number of nitrogens with zero attached hydrogens (tertiary/aromatic N) is 1. The maximum atomic E-state index is 13.5. The van der Waals surface area contributed by atoms with Gasteiger partial charge in [-0.2, -0.15) is 0 Å². The molecule has 8 nitrogen and oxygen atoms in total. The number of anilines is 2. The molecule has 0 fully saturated rings. The number of nitrogens with one attached hydrogen (secondary N) is 2. The first kappa shape index (κ1) is 27.5. The molecule has 11 heteroatoms. The Bertz CT molecular complexity index is 1350. The minimum Gasteiger partial charge on any atom is -0.383 e. The lowest BCUT2D eigenvalue weighted by Crippen LogP contribution is -2.38. The lowest BCUT2D eigenvalue weighted by atomic mass is 10.1. The quantitative estimate of drug-likeness (QED) is 0.362. The van der Waals surface area contributed by atoms with Gasteiger partial charge in [0.05, 0.1) is 38.5 Å². The van der Waals surface area contributed by atoms with Gasteiger partial charge in [-0.3, -0.25) is 13.9 Å². The fourth-order valence-electron chi connectivity index (χ4n) is 3.26. The molecule has 2 N–H and O–H groups in total. The summed E-state index contributed by atoms with van der Waals surface area (Å²) < 4.78 is 33.0. The second kappa shape index (κ2) is 12.2. The standard InChI is InChI=1S/C25H25Cl2N3O5S/c1-17-7-10-19(11-8-17)36(33,34)30(18-9-12-21(26)22(27)15-18)16-24(31)29-23-6-4-3-5-20(23)25(32)28-13-14-35-2/h3-12,15H,13-14,16H2,1-2H3,(H,28,32)(H,29,31). The van der Waals surface area contributed by atoms with E-state index in [9.17, 15) is 18.0 Å². The number of carbonyl (C=O) groups is 2. The molecule has 0 saturated heterocycles. The van der Waals surface area contributed by atoms with Gasteiger partial charge in [-0.15, -0.1) is 0 Å². The van der Waals surface area contributed by atoms with Crippen molar-refractivity contribution in [3.8, 4) is 0 Å². The highest BCUT2D eigenvalue weighted by atomic mass is 35.5. The molecule has 3 rings (SSSR count). The van der Waals surface area contributed by atoms with Crippen LogP contribution in [-0.2, 0) is 19.6 Å². The van der Waals surface area contributed by atoms with Crippen LogP contribution in [0.4, 0.5) is 11.4 Å². The van der Waals surface area contributed by atoms with Crippen molar-refractivity contribution < 1.29 is 22.7 Å². The Morgan fingerprint density at radius 1 is 0.972 bits per heavy atom. The second-order valence-electron chi connectivity index (χ2n) is 7.77. The maximum absolute atomic E-state index is 13.5. The molecule has 0 atom stereocenters. The topological polar surface area (TPSA) is 105 Å². The first-order chi connectivity index (χ1) is 17.1. The molecule has 3 aromatic carbocycles. The number of para-hydroxylation sites is 1. The summed E-state index contributed by atoms with van der Waals surface area (Å²) in [6.07, 6.45) is 0. The van der Waals surface area contributed by atoms with E-state index in [1.807, 2.05) is 6.92 Å². The Balaban J connectivity index is 1.91. The number of sulfonamides is 1. The Labute approximate surface area is 220 Å². The van der Waals surface area contributed by atoms with Gasteiger partial charge in [-0.1, -0.05) is 53.0 Å². The van der Waals surface area contributed by atoms with Crippen molar-refractivity contribution in [1.29, 1.82) is 0 Å². The number of hydrogen-bond donors (Lipinski definition) is 2. The van der Waals surface area contributed by atoms with Crippen molar-refractivity contribution in [1.82, 2.24) is 5.32 Å². The van der Waals surface area contributed by atoms with Crippen molar-refractivity contribution in [3.63, 3.8) is 0 Å². The summed E-state index contributed by atoms with van der Waals surface area (Å²) in [6, 6.07) is 17.0. The van der Waals surface area contributed by atoms with Crippen LogP contribution >= 0.6 is 23.2 Å². The van der Waals surface area contributed by atoms with E-state index in [0.717, 1.165) is 9.87 Å². The number of amides is 2. The molecule has 0 bridgehead atoms. The van der Waals surface area contributed by atoms with Gasteiger partial charge in [0, 0.05) is 13.7 Å². The molecule has 0 heterocycles. The first-order valence-electron chi connectivity index (χ1n) is 10.8. The van der Waals surface area contributed by atoms with Gasteiger partial charge in [-0.25, -0.2) is 8.42 Å². The van der Waals surface area contributed by atoms with Crippen LogP contribution in [0, 0.1) is 6.92 Å². The number of carbonyl (C=O) groups excluding carboxylic acids is 2. The van der Waals surface area contributed by atoms with Gasteiger partial charge in [-0.05, 0) is 49.4 Å². The van der Waals surface area contributed by atoms with Gasteiger partial charge in [0.15, 0.2) is 0 Å². The first-order valence-corrected chi connectivity index (χ1v) is 13.0. The highest BCUT2D eigenvalue weighted by Gasteiger charge is 2.28. The van der Waals surface area contributed by atoms with E-state index in [0.29, 0.717) is 6.61 Å². The molecule has 0 aromatic heterocycles. The van der Waals surface area contributed by atoms with Crippen molar-refractivity contribution >= 4 is 56.4 Å². The lowest BCUT2D eigenvalue weighted by Gasteiger charge is -2.24. The molecule has 0 spiro atoms. The number of aryl methyl sites for hydroxylation is 1. The molecular weight excluding hydrogens is 525 g/mol. The SMILES string of the molecule is COCCNC(=O)c1ccccc1NC(=O)CN(c1ccc(Cl)c(Cl)c1)S(=O)(=O)c1ccc(C)cc1. The van der Waals surface area contributed by atoms with Crippen LogP contribution in [0.2, 0.25) is 10.0 Å². The molecule has 0 aliphatic rings. The average molecular weight is 550 g/mol. The van der Waals surface area contributed by atoms with Crippen LogP contribution in [0.1, 0.15) is 15.9 Å². The van der Waals surface area contributed by atoms with Crippen molar-refractivity contribution in [2.75, 3.05) is 36.4 Å². The molecule has 3 aromatic rings. The number of benzene rings is 3. The van der Waals surface area contributed by atoms with Crippen LogP contribution in [-0.4, -0.2) is 47.0 Å². The number of rotatable bonds is 10. The average Bonchev–Trinajstić information content (AvgIpc) is 2.85. The third-order valence-electron chi connectivity index (χ3n) is 5.12. The number of hydrogen-bond acceptors (Lipinski definition) is 5. The highest BCUT2D eigenvalue weighted by molar-refractivity contribution is 7.92. The van der Waals surface area contributed by atoms with E-state index in [1.54, 1.807) is 36.4 Å². The van der Waals surface area contributed by atoms with E-state index < -0.39 is 28.4 Å². The van der Waals surface area contributed by atoms with Crippen LogP contribution in [0.3, 0.4) is 0 Å². The Kier molecular flexibility index (Phi) is 9.33. The Hall–Kier alpha value is -3.11. The van der Waals surface area contributed by atoms with E-state index >= 15 is 0 Å². The van der Waals surface area contributed by atoms with E-state index in [-0.39, 0.29) is 38.4 Å². The van der Waals surface area contributed by atoms with Gasteiger partial charge in [0.25, 0.3) is 15.9 Å². The zero-order valence-corrected chi connectivity index (χ0v) is 22.0. The Morgan fingerprint density at radius 3 is 2.33 bits per heavy atom. The zero-order chi connectivity index (χ0) is 26.3. The molecule has 0 aliphatic heterocycles. The summed E-state index contributed by atoms with van der Waals surface area (Å²) >= 11 is 12.2. The van der Waals surface area contributed by atoms with Crippen molar-refractivity contribution in [2.24, 2.45) is 0 Å². The minimum absolute atomic E-state index is 0.00453. The predicted octanol–water partition coefficient (Wildman–Crippen LogP) is 4.51. The lowest BCUT2D eigenvalue weighted by molar-refractivity contribution is -0.114. The summed E-state index contributed by atoms with van der Waals surface area (Å²) in [6.45, 7) is 1.88. The molecule has 0 unspecified atom stereocenters. The van der Waals surface area contributed by atoms with Crippen LogP contribution in [0.15, 0.2) is 71.6 Å². The number of halogens is 2. The largest absolute Gasteiger partial charge is 0.383 e. The fraction of sp³-hybridized carbons (Fsp3) is 0.200. The smallest absolute Gasteiger partial charge is 0.264 e. The minimum atomic E-state index is -4.15. The zero-order valence-electron chi connectivity index (χ0n) is 19.6. The second-order valence-corrected chi connectivity index (χ2v) is 10.4. The van der Waals surface area contributed by atoms with Gasteiger partial charge >= 0.3 is 0 Å². The predicted molar refractivity (Wildman–Crippen MR) is 141 cm³/mol. The maximum Gasteiger partial charge on any atom is 0.264 e. The van der Waals surface area contributed by atoms with Gasteiger partial charge in [0.1, 0.15) is 6.54 Å². The van der Waals surface area contributed by atoms with E-state index in [1.165, 1.54) is 37.4 Å². The molecule has 36 heavy (non-hydrogen) atoms. The summed E-state index contributed by atoms with van der Waals surface area (Å²) in [7, 11) is -2.63. The highest BCUT2D eigenvalue weighted by Crippen LogP contribution is 2.30. The van der Waals surface area contributed by atoms with E-state index in [4.69, 9.17) is 27.9 Å². The van der Waals surface area contributed by atoms with Gasteiger partial charge < -0.3 is 15.4 Å². The van der Waals surface area contributed by atoms with Crippen molar-refractivity contribution in [3.05, 3.63) is 87.9 Å². The van der Waals surface area contributed by atoms with Gasteiger partial charge in [0.2, 0.25) is 5.91 Å². The molecular formula is C25H25Cl2N3O5S. The molecule has 0 radical (unpaired) electrons. The van der Waals surface area contributed by atoms with Crippen molar-refractivity contribution in [2.45, 2.75) is 11.8 Å². The summed E-state index contributed by atoms with van der Waals surface area (Å²) in [5, 5.41) is 5.72. The fourth-order valence-corrected chi connectivity index (χ4v) is 4.97. The monoisotopic (exact) mass is 549 g/mol. The van der Waals surface area contributed by atoms with E-state index in [2.05, 4.69) is 10.6 Å². The molecule has 0 aliphatic carbocycles. The summed E-state index contributed by atoms with van der Waals surface area (Å²) in [4.78, 5) is 25.6. The molecule has 2 amide bonds. The van der Waals surface area contributed by atoms with Crippen LogP contribution in [0.5, 0.6) is 0 Å². The number of ether oxygens (including phenoxy) is 1. The van der Waals surface area contributed by atoms with Crippen LogP contribution < -0.4 is 14.9 Å². The third kappa shape index (κ3) is 6.76. The normalized spacial score (nSPS) is 11.1. The van der Waals surface area contributed by atoms with Crippen LogP contribution in [0.25, 0.3) is 0 Å². The molecule has 0 saturated carbocycles. The summed E-state index contributed by atoms with van der Waals surface area (Å²) in [5.74, 6) is -1.06. The number of methoxy groups -OCH3 is 1. The molecule has 190 valence electrons.